The largest absolute Gasteiger partial charge is 0.492 e. The lowest BCUT2D eigenvalue weighted by Crippen LogP contribution is -2.31. The molecule has 0 aliphatic rings. The summed E-state index contributed by atoms with van der Waals surface area (Å²) in [4.78, 5) is 11.6. The smallest absolute Gasteiger partial charge is 0.223 e. The molecule has 0 saturated heterocycles. The van der Waals surface area contributed by atoms with Crippen LogP contribution in [0.15, 0.2) is 18.2 Å². The zero-order valence-corrected chi connectivity index (χ0v) is 12.9. The molecule has 1 amide bonds. The van der Waals surface area contributed by atoms with Gasteiger partial charge in [-0.15, -0.1) is 0 Å². The number of carbonyl (C=O) groups is 1. The molecule has 0 bridgehead atoms. The molecule has 4 heteroatoms. The molecule has 0 spiro atoms. The number of para-hydroxylation sites is 1. The van der Waals surface area contributed by atoms with Crippen LogP contribution in [0, 0.1) is 6.92 Å². The monoisotopic (exact) mass is 278 g/mol. The lowest BCUT2D eigenvalue weighted by Gasteiger charge is -2.16. The van der Waals surface area contributed by atoms with Crippen LogP contribution in [0.4, 0.5) is 0 Å². The first-order chi connectivity index (χ1) is 9.40. The highest BCUT2D eigenvalue weighted by atomic mass is 16.5. The lowest BCUT2D eigenvalue weighted by atomic mass is 10.0. The standard InChI is InChI=1S/C16H26N2O2/c1-11(2)18-15(19)8-9-20-16-12(3)6-5-7-14(16)10-13(4)17/h5-7,11,13H,8-10,17H2,1-4H3,(H,18,19). The van der Waals surface area contributed by atoms with Crippen LogP contribution in [-0.2, 0) is 11.2 Å². The Labute approximate surface area is 121 Å². The number of benzene rings is 1. The SMILES string of the molecule is Cc1cccc(CC(C)N)c1OCCC(=O)NC(C)C. The average molecular weight is 278 g/mol. The van der Waals surface area contributed by atoms with Crippen molar-refractivity contribution in [3.05, 3.63) is 29.3 Å². The Morgan fingerprint density at radius 2 is 2.05 bits per heavy atom. The number of nitrogens with two attached hydrogens (primary N) is 1. The van der Waals surface area contributed by atoms with Gasteiger partial charge in [-0.25, -0.2) is 0 Å². The summed E-state index contributed by atoms with van der Waals surface area (Å²) in [5.41, 5.74) is 8.03. The predicted molar refractivity (Wildman–Crippen MR) is 81.9 cm³/mol. The Morgan fingerprint density at radius 1 is 1.35 bits per heavy atom. The van der Waals surface area contributed by atoms with Gasteiger partial charge in [0.05, 0.1) is 13.0 Å². The van der Waals surface area contributed by atoms with E-state index in [2.05, 4.69) is 5.32 Å². The fourth-order valence-electron chi connectivity index (χ4n) is 2.07. The molecule has 0 fully saturated rings. The van der Waals surface area contributed by atoms with Crippen LogP contribution >= 0.6 is 0 Å². The molecule has 20 heavy (non-hydrogen) atoms. The number of hydrogen-bond acceptors (Lipinski definition) is 3. The van der Waals surface area contributed by atoms with Crippen molar-refractivity contribution >= 4 is 5.91 Å². The summed E-state index contributed by atoms with van der Waals surface area (Å²) in [6.45, 7) is 8.26. The number of amides is 1. The third kappa shape index (κ3) is 5.61. The summed E-state index contributed by atoms with van der Waals surface area (Å²) in [7, 11) is 0. The normalized spacial score (nSPS) is 12.3. The molecule has 1 aromatic rings. The van der Waals surface area contributed by atoms with Crippen molar-refractivity contribution in [3.8, 4) is 5.75 Å². The van der Waals surface area contributed by atoms with Crippen molar-refractivity contribution in [2.75, 3.05) is 6.61 Å². The lowest BCUT2D eigenvalue weighted by molar-refractivity contribution is -0.122. The molecule has 0 saturated carbocycles. The van der Waals surface area contributed by atoms with Gasteiger partial charge in [0, 0.05) is 12.1 Å². The summed E-state index contributed by atoms with van der Waals surface area (Å²) in [6, 6.07) is 6.29. The maximum absolute atomic E-state index is 11.6. The van der Waals surface area contributed by atoms with Gasteiger partial charge in [-0.3, -0.25) is 4.79 Å². The second-order valence-corrected chi connectivity index (χ2v) is 5.57. The molecule has 3 N–H and O–H groups in total. The number of hydrogen-bond donors (Lipinski definition) is 2. The fourth-order valence-corrected chi connectivity index (χ4v) is 2.07. The van der Waals surface area contributed by atoms with E-state index in [9.17, 15) is 4.79 Å². The Morgan fingerprint density at radius 3 is 2.65 bits per heavy atom. The van der Waals surface area contributed by atoms with Crippen LogP contribution in [0.1, 0.15) is 38.3 Å². The molecule has 0 aliphatic carbocycles. The van der Waals surface area contributed by atoms with Gasteiger partial charge < -0.3 is 15.8 Å². The summed E-state index contributed by atoms with van der Waals surface area (Å²) >= 11 is 0. The molecule has 0 aromatic heterocycles. The van der Waals surface area contributed by atoms with E-state index in [1.54, 1.807) is 0 Å². The van der Waals surface area contributed by atoms with Gasteiger partial charge in [0.1, 0.15) is 5.75 Å². The minimum atomic E-state index is 0.0160. The Balaban J connectivity index is 2.60. The van der Waals surface area contributed by atoms with Gasteiger partial charge in [0.15, 0.2) is 0 Å². The predicted octanol–water partition coefficient (Wildman–Crippen LogP) is 2.18. The van der Waals surface area contributed by atoms with Crippen molar-refractivity contribution < 1.29 is 9.53 Å². The third-order valence-electron chi connectivity index (χ3n) is 2.86. The number of ether oxygens (including phenoxy) is 1. The maximum atomic E-state index is 11.6. The first kappa shape index (κ1) is 16.5. The van der Waals surface area contributed by atoms with Crippen LogP contribution in [0.3, 0.4) is 0 Å². The van der Waals surface area contributed by atoms with E-state index in [-0.39, 0.29) is 18.0 Å². The molecule has 1 unspecified atom stereocenters. The molecule has 1 rings (SSSR count). The van der Waals surface area contributed by atoms with Gasteiger partial charge in [-0.1, -0.05) is 18.2 Å². The summed E-state index contributed by atoms with van der Waals surface area (Å²) < 4.78 is 5.80. The number of nitrogens with one attached hydrogen (secondary N) is 1. The number of aryl methyl sites for hydroxylation is 1. The molecule has 112 valence electrons. The summed E-state index contributed by atoms with van der Waals surface area (Å²) in [5.74, 6) is 0.879. The van der Waals surface area contributed by atoms with Crippen LogP contribution in [-0.4, -0.2) is 24.6 Å². The van der Waals surface area contributed by atoms with Crippen molar-refractivity contribution in [2.45, 2.75) is 52.6 Å². The maximum Gasteiger partial charge on any atom is 0.223 e. The van der Waals surface area contributed by atoms with Crippen molar-refractivity contribution in [2.24, 2.45) is 5.73 Å². The number of rotatable bonds is 7. The van der Waals surface area contributed by atoms with Crippen LogP contribution in [0.5, 0.6) is 5.75 Å². The van der Waals surface area contributed by atoms with Crippen molar-refractivity contribution in [1.29, 1.82) is 0 Å². The van der Waals surface area contributed by atoms with Gasteiger partial charge in [0.25, 0.3) is 0 Å². The topological polar surface area (TPSA) is 64.3 Å². The second-order valence-electron chi connectivity index (χ2n) is 5.57. The fraction of sp³-hybridized carbons (Fsp3) is 0.562. The van der Waals surface area contributed by atoms with Crippen molar-refractivity contribution in [3.63, 3.8) is 0 Å². The van der Waals surface area contributed by atoms with Crippen LogP contribution < -0.4 is 15.8 Å². The highest BCUT2D eigenvalue weighted by Crippen LogP contribution is 2.24. The molecule has 4 nitrogen and oxygen atoms in total. The van der Waals surface area contributed by atoms with Gasteiger partial charge in [0.2, 0.25) is 5.91 Å². The van der Waals surface area contributed by atoms with Crippen LogP contribution in [0.25, 0.3) is 0 Å². The summed E-state index contributed by atoms with van der Waals surface area (Å²) in [5, 5.41) is 2.85. The Bertz CT molecular complexity index is 442. The summed E-state index contributed by atoms with van der Waals surface area (Å²) in [6.07, 6.45) is 1.14. The first-order valence-corrected chi connectivity index (χ1v) is 7.16. The minimum Gasteiger partial charge on any atom is -0.492 e. The first-order valence-electron chi connectivity index (χ1n) is 7.16. The van der Waals surface area contributed by atoms with Crippen LogP contribution in [0.2, 0.25) is 0 Å². The van der Waals surface area contributed by atoms with E-state index < -0.39 is 0 Å². The zero-order valence-electron chi connectivity index (χ0n) is 12.9. The van der Waals surface area contributed by atoms with E-state index >= 15 is 0 Å². The zero-order chi connectivity index (χ0) is 15.1. The van der Waals surface area contributed by atoms with Gasteiger partial charge >= 0.3 is 0 Å². The van der Waals surface area contributed by atoms with E-state index in [1.165, 1.54) is 0 Å². The van der Waals surface area contributed by atoms with Crippen molar-refractivity contribution in [1.82, 2.24) is 5.32 Å². The highest BCUT2D eigenvalue weighted by Gasteiger charge is 2.10. The Kier molecular flexibility index (Phi) is 6.52. The molecule has 1 atom stereocenters. The van der Waals surface area contributed by atoms with E-state index in [1.807, 2.05) is 45.9 Å². The third-order valence-corrected chi connectivity index (χ3v) is 2.86. The molecule has 1 aromatic carbocycles. The second kappa shape index (κ2) is 7.90. The molecular formula is C16H26N2O2. The van der Waals surface area contributed by atoms with Gasteiger partial charge in [-0.05, 0) is 45.2 Å². The van der Waals surface area contributed by atoms with E-state index in [0.29, 0.717) is 13.0 Å². The molecule has 0 radical (unpaired) electrons. The number of carbonyl (C=O) groups excluding carboxylic acids is 1. The van der Waals surface area contributed by atoms with Gasteiger partial charge in [-0.2, -0.15) is 0 Å². The van der Waals surface area contributed by atoms with E-state index in [0.717, 1.165) is 23.3 Å². The molecular weight excluding hydrogens is 252 g/mol. The molecule has 0 aliphatic heterocycles. The quantitative estimate of drug-likeness (QED) is 0.803. The average Bonchev–Trinajstić information content (AvgIpc) is 2.31. The minimum absolute atomic E-state index is 0.0160. The highest BCUT2D eigenvalue weighted by molar-refractivity contribution is 5.76. The Hall–Kier alpha value is -1.55. The molecule has 0 heterocycles. The van der Waals surface area contributed by atoms with E-state index in [4.69, 9.17) is 10.5 Å².